The average Bonchev–Trinajstić information content (AvgIpc) is 3.22. The predicted octanol–water partition coefficient (Wildman–Crippen LogP) is 3.80. The molecule has 0 bridgehead atoms. The number of hydrogen-bond acceptors (Lipinski definition) is 5. The van der Waals surface area contributed by atoms with E-state index in [9.17, 15) is 9.59 Å². The summed E-state index contributed by atoms with van der Waals surface area (Å²) in [6.45, 7) is 0.294. The fourth-order valence-electron chi connectivity index (χ4n) is 2.73. The Morgan fingerprint density at radius 1 is 1.14 bits per heavy atom. The van der Waals surface area contributed by atoms with Crippen LogP contribution in [0.25, 0.3) is 11.3 Å². The molecule has 0 atom stereocenters. The van der Waals surface area contributed by atoms with Gasteiger partial charge in [0.1, 0.15) is 5.75 Å². The topological polar surface area (TPSA) is 126 Å². The molecule has 9 nitrogen and oxygen atoms in total. The Balaban J connectivity index is 1.63. The van der Waals surface area contributed by atoms with Crippen molar-refractivity contribution in [3.05, 3.63) is 60.6 Å². The molecule has 1 heterocycles. The van der Waals surface area contributed by atoms with E-state index in [1.807, 2.05) is 6.07 Å². The molecule has 0 aliphatic carbocycles. The van der Waals surface area contributed by atoms with Gasteiger partial charge in [0, 0.05) is 24.0 Å². The molecule has 0 aliphatic rings. The Kier molecular flexibility index (Phi) is 6.31. The highest BCUT2D eigenvalue weighted by molar-refractivity contribution is 6.00. The van der Waals surface area contributed by atoms with Crippen LogP contribution in [0.5, 0.6) is 5.75 Å². The van der Waals surface area contributed by atoms with E-state index >= 15 is 0 Å². The van der Waals surface area contributed by atoms with Crippen molar-refractivity contribution in [3.63, 3.8) is 0 Å². The average molecular weight is 396 g/mol. The Labute approximate surface area is 166 Å². The monoisotopic (exact) mass is 396 g/mol. The van der Waals surface area contributed by atoms with E-state index in [1.165, 1.54) is 13.5 Å². The van der Waals surface area contributed by atoms with Crippen molar-refractivity contribution < 1.29 is 23.8 Å². The number of ether oxygens (including phenoxy) is 1. The zero-order valence-corrected chi connectivity index (χ0v) is 15.6. The number of benzene rings is 2. The van der Waals surface area contributed by atoms with Crippen LogP contribution < -0.4 is 20.7 Å². The largest absolute Gasteiger partial charge is 0.496 e. The summed E-state index contributed by atoms with van der Waals surface area (Å²) in [5, 5.41) is 16.4. The van der Waals surface area contributed by atoms with Crippen LogP contribution in [-0.2, 0) is 6.42 Å². The number of nitrogens with zero attached hydrogens (tertiary/aromatic N) is 1. The summed E-state index contributed by atoms with van der Waals surface area (Å²) >= 11 is 0. The summed E-state index contributed by atoms with van der Waals surface area (Å²) in [6.07, 6.45) is 2.36. The van der Waals surface area contributed by atoms with Gasteiger partial charge < -0.3 is 30.2 Å². The summed E-state index contributed by atoms with van der Waals surface area (Å²) in [5.74, 6) is 1.10. The Hall–Kier alpha value is -4.01. The highest BCUT2D eigenvalue weighted by atomic mass is 16.5. The molecule has 3 rings (SSSR count). The lowest BCUT2D eigenvalue weighted by Crippen LogP contribution is -2.23. The lowest BCUT2D eigenvalue weighted by Gasteiger charge is -2.12. The van der Waals surface area contributed by atoms with Crippen LogP contribution in [0.15, 0.2) is 59.5 Å². The number of anilines is 2. The van der Waals surface area contributed by atoms with E-state index in [0.29, 0.717) is 35.9 Å². The number of hydrogen-bond donors (Lipinski definition) is 4. The maximum Gasteiger partial charge on any atom is 0.404 e. The number of carbonyl (C=O) groups is 2. The second-order valence-corrected chi connectivity index (χ2v) is 6.04. The summed E-state index contributed by atoms with van der Waals surface area (Å²) in [4.78, 5) is 26.7. The molecule has 29 heavy (non-hydrogen) atoms. The van der Waals surface area contributed by atoms with E-state index in [2.05, 4.69) is 20.9 Å². The second kappa shape index (κ2) is 9.27. The summed E-state index contributed by atoms with van der Waals surface area (Å²) < 4.78 is 10.7. The number of carboxylic acid groups (broad SMARTS) is 1. The fraction of sp³-hybridized carbons (Fsp3) is 0.150. The zero-order valence-electron chi connectivity index (χ0n) is 15.6. The van der Waals surface area contributed by atoms with Crippen LogP contribution in [0.2, 0.25) is 0 Å². The van der Waals surface area contributed by atoms with Crippen molar-refractivity contribution in [1.82, 2.24) is 10.3 Å². The molecule has 0 radical (unpaired) electrons. The van der Waals surface area contributed by atoms with Gasteiger partial charge in [0.2, 0.25) is 0 Å². The molecule has 2 aromatic carbocycles. The number of rotatable bonds is 7. The molecule has 150 valence electrons. The molecule has 3 amide bonds. The minimum atomic E-state index is -1.07. The van der Waals surface area contributed by atoms with Crippen molar-refractivity contribution in [3.8, 4) is 17.1 Å². The third kappa shape index (κ3) is 5.48. The van der Waals surface area contributed by atoms with Crippen molar-refractivity contribution in [1.29, 1.82) is 0 Å². The molecule has 0 spiro atoms. The lowest BCUT2D eigenvalue weighted by molar-refractivity contribution is 0.194. The fourth-order valence-corrected chi connectivity index (χ4v) is 2.73. The van der Waals surface area contributed by atoms with Crippen LogP contribution in [0.4, 0.5) is 21.0 Å². The minimum Gasteiger partial charge on any atom is -0.496 e. The van der Waals surface area contributed by atoms with Crippen molar-refractivity contribution in [2.75, 3.05) is 24.3 Å². The molecule has 1 aromatic heterocycles. The normalized spacial score (nSPS) is 10.2. The minimum absolute atomic E-state index is 0.294. The number of oxazole rings is 1. The standard InChI is InChI=1S/C20H20N4O5/c1-28-17-10-15(5-6-16(17)18-11-21-12-29-18)24-19(25)23-14-4-2-3-13(9-14)7-8-22-20(26)27/h2-6,9-12,22H,7-8H2,1H3,(H,26,27)(H2,23,24,25). The molecule has 4 N–H and O–H groups in total. The van der Waals surface area contributed by atoms with Gasteiger partial charge in [-0.3, -0.25) is 0 Å². The van der Waals surface area contributed by atoms with Crippen LogP contribution in [-0.4, -0.2) is 35.9 Å². The lowest BCUT2D eigenvalue weighted by atomic mass is 10.1. The Bertz CT molecular complexity index is 988. The number of nitrogens with one attached hydrogen (secondary N) is 3. The van der Waals surface area contributed by atoms with Gasteiger partial charge in [-0.1, -0.05) is 12.1 Å². The molecule has 3 aromatic rings. The predicted molar refractivity (Wildman–Crippen MR) is 107 cm³/mol. The maximum absolute atomic E-state index is 12.3. The summed E-state index contributed by atoms with van der Waals surface area (Å²) in [7, 11) is 1.53. The van der Waals surface area contributed by atoms with E-state index in [1.54, 1.807) is 42.6 Å². The van der Waals surface area contributed by atoms with E-state index in [0.717, 1.165) is 11.1 Å². The van der Waals surface area contributed by atoms with Gasteiger partial charge in [-0.05, 0) is 36.2 Å². The van der Waals surface area contributed by atoms with Gasteiger partial charge in [0.05, 0.1) is 18.9 Å². The van der Waals surface area contributed by atoms with E-state index < -0.39 is 12.1 Å². The first-order chi connectivity index (χ1) is 14.0. The van der Waals surface area contributed by atoms with Crippen LogP contribution in [0.1, 0.15) is 5.56 Å². The molecular weight excluding hydrogens is 376 g/mol. The first kappa shape index (κ1) is 19.7. The van der Waals surface area contributed by atoms with E-state index in [-0.39, 0.29) is 0 Å². The van der Waals surface area contributed by atoms with Gasteiger partial charge in [0.15, 0.2) is 12.2 Å². The van der Waals surface area contributed by atoms with Gasteiger partial charge in [-0.15, -0.1) is 0 Å². The highest BCUT2D eigenvalue weighted by Gasteiger charge is 2.11. The molecule has 0 saturated heterocycles. The molecule has 0 saturated carbocycles. The third-order valence-electron chi connectivity index (χ3n) is 4.03. The van der Waals surface area contributed by atoms with Crippen molar-refractivity contribution >= 4 is 23.5 Å². The van der Waals surface area contributed by atoms with Crippen LogP contribution >= 0.6 is 0 Å². The number of aromatic nitrogens is 1. The quantitative estimate of drug-likeness (QED) is 0.481. The number of methoxy groups -OCH3 is 1. The molecule has 0 unspecified atom stereocenters. The summed E-state index contributed by atoms with van der Waals surface area (Å²) in [5.41, 5.74) is 2.76. The van der Waals surface area contributed by atoms with Gasteiger partial charge >= 0.3 is 12.1 Å². The first-order valence-electron chi connectivity index (χ1n) is 8.76. The van der Waals surface area contributed by atoms with Gasteiger partial charge in [-0.25, -0.2) is 14.6 Å². The number of amides is 3. The maximum atomic E-state index is 12.3. The highest BCUT2D eigenvalue weighted by Crippen LogP contribution is 2.32. The Morgan fingerprint density at radius 2 is 1.93 bits per heavy atom. The zero-order chi connectivity index (χ0) is 20.6. The van der Waals surface area contributed by atoms with Crippen LogP contribution in [0, 0.1) is 0 Å². The molecule has 0 fully saturated rings. The first-order valence-corrected chi connectivity index (χ1v) is 8.76. The third-order valence-corrected chi connectivity index (χ3v) is 4.03. The van der Waals surface area contributed by atoms with Crippen molar-refractivity contribution in [2.24, 2.45) is 0 Å². The summed E-state index contributed by atoms with van der Waals surface area (Å²) in [6, 6.07) is 12.0. The van der Waals surface area contributed by atoms with Crippen LogP contribution in [0.3, 0.4) is 0 Å². The molecular formula is C20H20N4O5. The Morgan fingerprint density at radius 3 is 2.62 bits per heavy atom. The van der Waals surface area contributed by atoms with Gasteiger partial charge in [0.25, 0.3) is 0 Å². The van der Waals surface area contributed by atoms with E-state index in [4.69, 9.17) is 14.3 Å². The molecule has 9 heteroatoms. The number of carbonyl (C=O) groups excluding carboxylic acids is 1. The second-order valence-electron chi connectivity index (χ2n) is 6.04. The SMILES string of the molecule is COc1cc(NC(=O)Nc2cccc(CCNC(=O)O)c2)ccc1-c1cnco1. The number of urea groups is 1. The molecule has 0 aliphatic heterocycles. The van der Waals surface area contributed by atoms with Crippen molar-refractivity contribution in [2.45, 2.75) is 6.42 Å². The van der Waals surface area contributed by atoms with Gasteiger partial charge in [-0.2, -0.15) is 0 Å². The smallest absolute Gasteiger partial charge is 0.404 e.